The first-order chi connectivity index (χ1) is 10.2. The first-order valence-electron chi connectivity index (χ1n) is 6.70. The van der Waals surface area contributed by atoms with Gasteiger partial charge in [0.15, 0.2) is 0 Å². The third-order valence-corrected chi connectivity index (χ3v) is 4.42. The first-order valence-corrected chi connectivity index (χ1v) is 7.58. The van der Waals surface area contributed by atoms with E-state index in [1.807, 2.05) is 48.5 Å². The molecule has 0 aliphatic carbocycles. The summed E-state index contributed by atoms with van der Waals surface area (Å²) in [5, 5.41) is 0.404. The van der Waals surface area contributed by atoms with Gasteiger partial charge in [-0.1, -0.05) is 48.2 Å². The van der Waals surface area contributed by atoms with Gasteiger partial charge in [-0.15, -0.1) is 0 Å². The standard InChI is InChI=1S/C16H14N2O2S/c19-15-10-13(21-14-8-4-5-9-17-14)16(20)18(15)11-12-6-2-1-3-7-12/h1-9,13H,10-11H2. The number of hydrogen-bond acceptors (Lipinski definition) is 4. The molecule has 5 heteroatoms. The Balaban J connectivity index is 1.70. The van der Waals surface area contributed by atoms with Crippen molar-refractivity contribution in [1.29, 1.82) is 0 Å². The largest absolute Gasteiger partial charge is 0.277 e. The van der Waals surface area contributed by atoms with Crippen molar-refractivity contribution < 1.29 is 9.59 Å². The van der Waals surface area contributed by atoms with Gasteiger partial charge in [-0.05, 0) is 17.7 Å². The van der Waals surface area contributed by atoms with Gasteiger partial charge in [-0.2, -0.15) is 0 Å². The Morgan fingerprint density at radius 3 is 2.57 bits per heavy atom. The predicted molar refractivity (Wildman–Crippen MR) is 80.5 cm³/mol. The summed E-state index contributed by atoms with van der Waals surface area (Å²) in [5.74, 6) is -0.239. The lowest BCUT2D eigenvalue weighted by atomic mass is 10.2. The molecule has 1 aromatic carbocycles. The molecule has 0 saturated carbocycles. The summed E-state index contributed by atoms with van der Waals surface area (Å²) in [5.41, 5.74) is 0.961. The molecule has 2 amide bonds. The van der Waals surface area contributed by atoms with E-state index in [1.54, 1.807) is 6.20 Å². The van der Waals surface area contributed by atoms with E-state index in [1.165, 1.54) is 16.7 Å². The van der Waals surface area contributed by atoms with Crippen LogP contribution in [0.15, 0.2) is 59.8 Å². The predicted octanol–water partition coefficient (Wildman–Crippen LogP) is 2.50. The minimum absolute atomic E-state index is 0.114. The Kier molecular flexibility index (Phi) is 4.01. The number of carbonyl (C=O) groups excluding carboxylic acids is 2. The lowest BCUT2D eigenvalue weighted by molar-refractivity contribution is -0.138. The molecule has 0 radical (unpaired) electrons. The van der Waals surface area contributed by atoms with Gasteiger partial charge < -0.3 is 0 Å². The zero-order chi connectivity index (χ0) is 14.7. The van der Waals surface area contributed by atoms with Crippen molar-refractivity contribution in [2.45, 2.75) is 23.2 Å². The summed E-state index contributed by atoms with van der Waals surface area (Å²) >= 11 is 1.35. The van der Waals surface area contributed by atoms with Gasteiger partial charge in [0, 0.05) is 12.6 Å². The molecule has 1 aliphatic heterocycles. The molecule has 2 heterocycles. The van der Waals surface area contributed by atoms with Crippen molar-refractivity contribution in [1.82, 2.24) is 9.88 Å². The summed E-state index contributed by atoms with van der Waals surface area (Å²) in [6.45, 7) is 0.345. The van der Waals surface area contributed by atoms with Crippen molar-refractivity contribution in [2.24, 2.45) is 0 Å². The molecule has 1 aromatic heterocycles. The Morgan fingerprint density at radius 2 is 1.86 bits per heavy atom. The zero-order valence-electron chi connectivity index (χ0n) is 11.3. The smallest absolute Gasteiger partial charge is 0.243 e. The summed E-state index contributed by atoms with van der Waals surface area (Å²) in [7, 11) is 0. The zero-order valence-corrected chi connectivity index (χ0v) is 12.1. The second kappa shape index (κ2) is 6.10. The van der Waals surface area contributed by atoms with Crippen LogP contribution in [0, 0.1) is 0 Å². The van der Waals surface area contributed by atoms with E-state index in [0.717, 1.165) is 10.6 Å². The van der Waals surface area contributed by atoms with Crippen LogP contribution < -0.4 is 0 Å². The second-order valence-electron chi connectivity index (χ2n) is 4.78. The molecule has 1 aliphatic rings. The number of rotatable bonds is 4. The molecule has 0 N–H and O–H groups in total. The van der Waals surface area contributed by atoms with Crippen LogP contribution in [0.25, 0.3) is 0 Å². The molecule has 4 nitrogen and oxygen atoms in total. The monoisotopic (exact) mass is 298 g/mol. The van der Waals surface area contributed by atoms with Crippen LogP contribution in [0.3, 0.4) is 0 Å². The van der Waals surface area contributed by atoms with Crippen LogP contribution in [0.4, 0.5) is 0 Å². The van der Waals surface area contributed by atoms with Crippen molar-refractivity contribution in [3.63, 3.8) is 0 Å². The van der Waals surface area contributed by atoms with Crippen LogP contribution in [0.1, 0.15) is 12.0 Å². The van der Waals surface area contributed by atoms with Crippen LogP contribution in [-0.2, 0) is 16.1 Å². The number of imide groups is 1. The minimum Gasteiger partial charge on any atom is -0.277 e. The van der Waals surface area contributed by atoms with Gasteiger partial charge in [0.1, 0.15) is 0 Å². The topological polar surface area (TPSA) is 50.3 Å². The number of hydrogen-bond donors (Lipinski definition) is 0. The fourth-order valence-electron chi connectivity index (χ4n) is 2.24. The molecule has 3 rings (SSSR count). The molecule has 0 bridgehead atoms. The van der Waals surface area contributed by atoms with Gasteiger partial charge in [-0.3, -0.25) is 14.5 Å². The van der Waals surface area contributed by atoms with Gasteiger partial charge in [0.2, 0.25) is 11.8 Å². The molecule has 1 saturated heterocycles. The highest BCUT2D eigenvalue weighted by Crippen LogP contribution is 2.30. The average Bonchev–Trinajstić information content (AvgIpc) is 2.77. The molecule has 1 atom stereocenters. The first kappa shape index (κ1) is 13.8. The van der Waals surface area contributed by atoms with Crippen LogP contribution >= 0.6 is 11.8 Å². The van der Waals surface area contributed by atoms with E-state index in [4.69, 9.17) is 0 Å². The highest BCUT2D eigenvalue weighted by molar-refractivity contribution is 8.00. The molecular weight excluding hydrogens is 284 g/mol. The van der Waals surface area contributed by atoms with E-state index in [0.29, 0.717) is 6.54 Å². The van der Waals surface area contributed by atoms with E-state index in [-0.39, 0.29) is 23.5 Å². The van der Waals surface area contributed by atoms with Crippen LogP contribution in [0.2, 0.25) is 0 Å². The van der Waals surface area contributed by atoms with E-state index < -0.39 is 0 Å². The lowest BCUT2D eigenvalue weighted by Crippen LogP contribution is -2.30. The number of pyridine rings is 1. The Bertz CT molecular complexity index is 646. The quantitative estimate of drug-likeness (QED) is 0.814. The number of aromatic nitrogens is 1. The number of carbonyl (C=O) groups is 2. The van der Waals surface area contributed by atoms with Gasteiger partial charge in [0.25, 0.3) is 0 Å². The molecular formula is C16H14N2O2S. The Hall–Kier alpha value is -2.14. The molecule has 1 unspecified atom stereocenters. The van der Waals surface area contributed by atoms with Crippen LogP contribution in [0.5, 0.6) is 0 Å². The number of amides is 2. The van der Waals surface area contributed by atoms with Crippen molar-refractivity contribution >= 4 is 23.6 Å². The molecule has 2 aromatic rings. The van der Waals surface area contributed by atoms with Crippen molar-refractivity contribution in [3.8, 4) is 0 Å². The number of thioether (sulfide) groups is 1. The lowest BCUT2D eigenvalue weighted by Gasteiger charge is -2.14. The van der Waals surface area contributed by atoms with Crippen molar-refractivity contribution in [2.75, 3.05) is 0 Å². The molecule has 0 spiro atoms. The van der Waals surface area contributed by atoms with E-state index in [9.17, 15) is 9.59 Å². The van der Waals surface area contributed by atoms with Crippen LogP contribution in [-0.4, -0.2) is 26.9 Å². The maximum Gasteiger partial charge on any atom is 0.243 e. The van der Waals surface area contributed by atoms with E-state index in [2.05, 4.69) is 4.98 Å². The molecule has 21 heavy (non-hydrogen) atoms. The fourth-order valence-corrected chi connectivity index (χ4v) is 3.26. The SMILES string of the molecule is O=C1CC(Sc2ccccn2)C(=O)N1Cc1ccccc1. The summed E-state index contributed by atoms with van der Waals surface area (Å²) in [4.78, 5) is 30.0. The molecule has 1 fully saturated rings. The minimum atomic E-state index is -0.365. The van der Waals surface area contributed by atoms with Gasteiger partial charge in [-0.25, -0.2) is 4.98 Å². The average molecular weight is 298 g/mol. The third kappa shape index (κ3) is 3.13. The summed E-state index contributed by atoms with van der Waals surface area (Å²) in [6.07, 6.45) is 1.93. The maximum absolute atomic E-state index is 12.4. The Labute approximate surface area is 127 Å². The summed E-state index contributed by atoms with van der Waals surface area (Å²) < 4.78 is 0. The Morgan fingerprint density at radius 1 is 1.10 bits per heavy atom. The normalized spacial score (nSPS) is 18.3. The number of nitrogens with zero attached hydrogens (tertiary/aromatic N) is 2. The highest BCUT2D eigenvalue weighted by atomic mass is 32.2. The van der Waals surface area contributed by atoms with Gasteiger partial charge >= 0.3 is 0 Å². The fraction of sp³-hybridized carbons (Fsp3) is 0.188. The third-order valence-electron chi connectivity index (χ3n) is 3.29. The summed E-state index contributed by atoms with van der Waals surface area (Å²) in [6, 6.07) is 15.1. The maximum atomic E-state index is 12.4. The highest BCUT2D eigenvalue weighted by Gasteiger charge is 2.39. The second-order valence-corrected chi connectivity index (χ2v) is 6.01. The van der Waals surface area contributed by atoms with Crippen molar-refractivity contribution in [3.05, 3.63) is 60.3 Å². The van der Waals surface area contributed by atoms with Gasteiger partial charge in [0.05, 0.1) is 16.8 Å². The van der Waals surface area contributed by atoms with E-state index >= 15 is 0 Å². The molecule has 106 valence electrons. The number of likely N-dealkylation sites (tertiary alicyclic amines) is 1. The number of benzene rings is 1.